The van der Waals surface area contributed by atoms with Crippen LogP contribution in [0.3, 0.4) is 0 Å². The van der Waals surface area contributed by atoms with Crippen molar-refractivity contribution >= 4 is 11.9 Å². The summed E-state index contributed by atoms with van der Waals surface area (Å²) in [6, 6.07) is 4.89. The molecule has 0 aliphatic heterocycles. The Morgan fingerprint density at radius 1 is 1.18 bits per heavy atom. The molecule has 0 saturated heterocycles. The number of hydrogen-bond acceptors (Lipinski definition) is 3. The minimum absolute atomic E-state index is 0.0161. The molecule has 1 aromatic rings. The van der Waals surface area contributed by atoms with Crippen LogP contribution < -0.4 is 0 Å². The summed E-state index contributed by atoms with van der Waals surface area (Å²) in [7, 11) is 0. The van der Waals surface area contributed by atoms with Crippen molar-refractivity contribution in [1.29, 1.82) is 0 Å². The Morgan fingerprint density at radius 3 is 2.36 bits per heavy atom. The lowest BCUT2D eigenvalue weighted by Gasteiger charge is -2.21. The third-order valence-corrected chi connectivity index (χ3v) is 3.79. The van der Waals surface area contributed by atoms with Crippen LogP contribution >= 0.6 is 0 Å². The van der Waals surface area contributed by atoms with Gasteiger partial charge in [-0.15, -0.1) is 0 Å². The van der Waals surface area contributed by atoms with Gasteiger partial charge in [-0.05, 0) is 36.5 Å². The van der Waals surface area contributed by atoms with E-state index in [-0.39, 0.29) is 23.1 Å². The molecule has 4 heteroatoms. The lowest BCUT2D eigenvalue weighted by Crippen LogP contribution is -2.25. The Kier molecular flexibility index (Phi) is 7.09. The maximum atomic E-state index is 12.4. The molecule has 0 saturated carbocycles. The van der Waals surface area contributed by atoms with Gasteiger partial charge in [0.05, 0.1) is 11.1 Å². The standard InChI is InChI=1S/C18H26O4/c1-5-7-8-16(12(3)4)22-18(21)14-10-9-13(6-2)11-15(14)17(19)20/h9-12,16H,5-8H2,1-4H3,(H,19,20). The monoisotopic (exact) mass is 306 g/mol. The second-order valence-corrected chi connectivity index (χ2v) is 5.87. The van der Waals surface area contributed by atoms with Crippen LogP contribution in [-0.2, 0) is 11.2 Å². The first-order valence-corrected chi connectivity index (χ1v) is 7.97. The summed E-state index contributed by atoms with van der Waals surface area (Å²) >= 11 is 0. The highest BCUT2D eigenvalue weighted by Gasteiger charge is 2.23. The molecule has 1 atom stereocenters. The van der Waals surface area contributed by atoms with Crippen molar-refractivity contribution < 1.29 is 19.4 Å². The average Bonchev–Trinajstić information content (AvgIpc) is 2.50. The fourth-order valence-electron chi connectivity index (χ4n) is 2.30. The molecule has 1 N–H and O–H groups in total. The highest BCUT2D eigenvalue weighted by atomic mass is 16.5. The van der Waals surface area contributed by atoms with Gasteiger partial charge in [-0.3, -0.25) is 0 Å². The number of benzene rings is 1. The molecule has 1 aromatic carbocycles. The van der Waals surface area contributed by atoms with Crippen molar-refractivity contribution in [2.45, 2.75) is 59.5 Å². The van der Waals surface area contributed by atoms with E-state index in [2.05, 4.69) is 6.92 Å². The van der Waals surface area contributed by atoms with E-state index in [1.807, 2.05) is 20.8 Å². The lowest BCUT2D eigenvalue weighted by atomic mass is 10.00. The summed E-state index contributed by atoms with van der Waals surface area (Å²) in [4.78, 5) is 23.7. The van der Waals surface area contributed by atoms with Gasteiger partial charge in [0.25, 0.3) is 0 Å². The topological polar surface area (TPSA) is 63.6 Å². The van der Waals surface area contributed by atoms with Gasteiger partial charge in [-0.1, -0.05) is 46.6 Å². The Labute approximate surface area is 132 Å². The summed E-state index contributed by atoms with van der Waals surface area (Å²) < 4.78 is 5.56. The van der Waals surface area contributed by atoms with E-state index >= 15 is 0 Å². The molecule has 0 aliphatic rings. The number of esters is 1. The van der Waals surface area contributed by atoms with Crippen molar-refractivity contribution in [2.24, 2.45) is 5.92 Å². The van der Waals surface area contributed by atoms with E-state index in [4.69, 9.17) is 4.74 Å². The molecule has 0 aliphatic carbocycles. The number of rotatable bonds is 8. The lowest BCUT2D eigenvalue weighted by molar-refractivity contribution is 0.0149. The summed E-state index contributed by atoms with van der Waals surface area (Å²) in [6.07, 6.45) is 3.36. The minimum atomic E-state index is -1.10. The summed E-state index contributed by atoms with van der Waals surface area (Å²) in [5.74, 6) is -1.44. The maximum Gasteiger partial charge on any atom is 0.339 e. The zero-order chi connectivity index (χ0) is 16.7. The molecule has 0 aromatic heterocycles. The van der Waals surface area contributed by atoms with Crippen molar-refractivity contribution in [3.8, 4) is 0 Å². The fraction of sp³-hybridized carbons (Fsp3) is 0.556. The van der Waals surface area contributed by atoms with E-state index in [1.165, 1.54) is 0 Å². The molecule has 0 fully saturated rings. The highest BCUT2D eigenvalue weighted by Crippen LogP contribution is 2.19. The summed E-state index contributed by atoms with van der Waals surface area (Å²) in [6.45, 7) is 8.04. The van der Waals surface area contributed by atoms with Crippen molar-refractivity contribution in [1.82, 2.24) is 0 Å². The van der Waals surface area contributed by atoms with Crippen LogP contribution in [0, 0.1) is 5.92 Å². The molecule has 1 unspecified atom stereocenters. The number of carbonyl (C=O) groups excluding carboxylic acids is 1. The Morgan fingerprint density at radius 2 is 1.86 bits per heavy atom. The third kappa shape index (κ3) is 4.86. The van der Waals surface area contributed by atoms with Gasteiger partial charge in [0.15, 0.2) is 0 Å². The maximum absolute atomic E-state index is 12.4. The van der Waals surface area contributed by atoms with Crippen LogP contribution in [0.15, 0.2) is 18.2 Å². The normalized spacial score (nSPS) is 12.2. The van der Waals surface area contributed by atoms with E-state index < -0.39 is 11.9 Å². The van der Waals surface area contributed by atoms with E-state index in [0.29, 0.717) is 0 Å². The third-order valence-electron chi connectivity index (χ3n) is 3.79. The first-order chi connectivity index (χ1) is 10.4. The van der Waals surface area contributed by atoms with Gasteiger partial charge in [-0.25, -0.2) is 9.59 Å². The van der Waals surface area contributed by atoms with Crippen LogP contribution in [0.5, 0.6) is 0 Å². The number of carbonyl (C=O) groups is 2. The molecule has 4 nitrogen and oxygen atoms in total. The molecule has 0 amide bonds. The molecule has 0 radical (unpaired) electrons. The van der Waals surface area contributed by atoms with E-state index in [9.17, 15) is 14.7 Å². The molecule has 0 bridgehead atoms. The second-order valence-electron chi connectivity index (χ2n) is 5.87. The number of hydrogen-bond donors (Lipinski definition) is 1. The van der Waals surface area contributed by atoms with Gasteiger partial charge in [0, 0.05) is 0 Å². The largest absolute Gasteiger partial charge is 0.478 e. The quantitative estimate of drug-likeness (QED) is 0.726. The molecule has 1 rings (SSSR count). The number of carboxylic acid groups (broad SMARTS) is 1. The van der Waals surface area contributed by atoms with Crippen molar-refractivity contribution in [3.05, 3.63) is 34.9 Å². The fourth-order valence-corrected chi connectivity index (χ4v) is 2.30. The molecule has 22 heavy (non-hydrogen) atoms. The predicted molar refractivity (Wildman–Crippen MR) is 86.3 cm³/mol. The van der Waals surface area contributed by atoms with Crippen LogP contribution in [0.2, 0.25) is 0 Å². The van der Waals surface area contributed by atoms with Crippen molar-refractivity contribution in [3.63, 3.8) is 0 Å². The summed E-state index contributed by atoms with van der Waals surface area (Å²) in [5.41, 5.74) is 1.04. The highest BCUT2D eigenvalue weighted by molar-refractivity contribution is 6.02. The van der Waals surface area contributed by atoms with Gasteiger partial charge < -0.3 is 9.84 Å². The van der Waals surface area contributed by atoms with Crippen LogP contribution in [0.1, 0.15) is 73.2 Å². The van der Waals surface area contributed by atoms with Crippen molar-refractivity contribution in [2.75, 3.05) is 0 Å². The van der Waals surface area contributed by atoms with Crippen LogP contribution in [0.4, 0.5) is 0 Å². The molecular weight excluding hydrogens is 280 g/mol. The molecule has 122 valence electrons. The first-order valence-electron chi connectivity index (χ1n) is 7.97. The SMILES string of the molecule is CCCCC(OC(=O)c1ccc(CC)cc1C(=O)O)C(C)C. The average molecular weight is 306 g/mol. The Hall–Kier alpha value is -1.84. The predicted octanol–water partition coefficient (Wildman–Crippen LogP) is 4.32. The molecule has 0 spiro atoms. The zero-order valence-corrected chi connectivity index (χ0v) is 13.9. The van der Waals surface area contributed by atoms with E-state index in [1.54, 1.807) is 18.2 Å². The Bertz CT molecular complexity index is 520. The smallest absolute Gasteiger partial charge is 0.339 e. The van der Waals surface area contributed by atoms with Gasteiger partial charge >= 0.3 is 11.9 Å². The molecule has 0 heterocycles. The van der Waals surface area contributed by atoms with Crippen LogP contribution in [-0.4, -0.2) is 23.1 Å². The van der Waals surface area contributed by atoms with Gasteiger partial charge in [0.2, 0.25) is 0 Å². The number of unbranched alkanes of at least 4 members (excludes halogenated alkanes) is 1. The minimum Gasteiger partial charge on any atom is -0.478 e. The second kappa shape index (κ2) is 8.57. The first kappa shape index (κ1) is 18.2. The number of aromatic carboxylic acids is 1. The van der Waals surface area contributed by atoms with Crippen LogP contribution in [0.25, 0.3) is 0 Å². The summed E-state index contributed by atoms with van der Waals surface area (Å²) in [5, 5.41) is 9.31. The van der Waals surface area contributed by atoms with Gasteiger partial charge in [0.1, 0.15) is 6.10 Å². The van der Waals surface area contributed by atoms with Gasteiger partial charge in [-0.2, -0.15) is 0 Å². The molecular formula is C18H26O4. The Balaban J connectivity index is 2.98. The number of carboxylic acids is 1. The number of aryl methyl sites for hydroxylation is 1. The zero-order valence-electron chi connectivity index (χ0n) is 13.9. The number of ether oxygens (including phenoxy) is 1. The van der Waals surface area contributed by atoms with E-state index in [0.717, 1.165) is 31.2 Å².